The molecule has 2 aliphatic rings. The summed E-state index contributed by atoms with van der Waals surface area (Å²) in [7, 11) is 0. The van der Waals surface area contributed by atoms with Gasteiger partial charge in [0.2, 0.25) is 0 Å². The number of carbonyl (C=O) groups is 2. The molecule has 1 saturated heterocycles. The van der Waals surface area contributed by atoms with Gasteiger partial charge in [0, 0.05) is 17.0 Å². The number of nitriles is 1. The van der Waals surface area contributed by atoms with Crippen LogP contribution < -0.4 is 10.2 Å². The summed E-state index contributed by atoms with van der Waals surface area (Å²) in [6.45, 7) is 0. The van der Waals surface area contributed by atoms with Crippen LogP contribution in [0.5, 0.6) is 0 Å². The normalized spacial score (nSPS) is 23.5. The predicted molar refractivity (Wildman–Crippen MR) is 104 cm³/mol. The number of rotatable bonds is 2. The zero-order valence-corrected chi connectivity index (χ0v) is 14.9. The molecule has 1 saturated carbocycles. The van der Waals surface area contributed by atoms with Crippen molar-refractivity contribution in [1.29, 1.82) is 5.26 Å². The van der Waals surface area contributed by atoms with Gasteiger partial charge in [-0.05, 0) is 30.4 Å². The summed E-state index contributed by atoms with van der Waals surface area (Å²) in [6, 6.07) is 16.8. The first-order chi connectivity index (χ1) is 13.6. The first-order valence-electron chi connectivity index (χ1n) is 9.11. The van der Waals surface area contributed by atoms with Gasteiger partial charge in [-0.2, -0.15) is 5.26 Å². The van der Waals surface area contributed by atoms with Crippen LogP contribution in [0.4, 0.5) is 10.5 Å². The number of anilines is 1. The van der Waals surface area contributed by atoms with E-state index in [0.29, 0.717) is 24.1 Å². The van der Waals surface area contributed by atoms with Crippen LogP contribution in [0.2, 0.25) is 0 Å². The van der Waals surface area contributed by atoms with Crippen LogP contribution >= 0.6 is 0 Å². The maximum atomic E-state index is 13.2. The molecule has 0 bridgehead atoms. The van der Waals surface area contributed by atoms with Gasteiger partial charge < -0.3 is 5.32 Å². The Labute approximate surface area is 161 Å². The van der Waals surface area contributed by atoms with Crippen LogP contribution in [0.15, 0.2) is 60.9 Å². The fourth-order valence-corrected chi connectivity index (χ4v) is 4.35. The molecule has 6 nitrogen and oxygen atoms in total. The van der Waals surface area contributed by atoms with Crippen LogP contribution in [0.25, 0.3) is 10.8 Å². The standard InChI is InChI=1S/C22H16N4O2/c23-11-14-5-1-3-7-17(14)16-9-22(10-16)20(27)26(21(28)25-22)19-13-24-12-15-6-2-4-8-18(15)19/h1-8,12-13,16H,9-10H2,(H,25,28). The zero-order valence-electron chi connectivity index (χ0n) is 14.9. The fraction of sp³-hybridized carbons (Fsp3) is 0.182. The number of hydrogen-bond donors (Lipinski definition) is 1. The molecule has 2 heterocycles. The molecular weight excluding hydrogens is 352 g/mol. The van der Waals surface area contributed by atoms with Gasteiger partial charge in [-0.3, -0.25) is 9.78 Å². The first kappa shape index (κ1) is 16.5. The minimum absolute atomic E-state index is 0.0747. The zero-order chi connectivity index (χ0) is 19.3. The molecule has 28 heavy (non-hydrogen) atoms. The van der Waals surface area contributed by atoms with Crippen molar-refractivity contribution in [3.63, 3.8) is 0 Å². The van der Waals surface area contributed by atoms with E-state index in [0.717, 1.165) is 16.3 Å². The molecule has 1 aromatic heterocycles. The van der Waals surface area contributed by atoms with Crippen LogP contribution in [0, 0.1) is 11.3 Å². The minimum Gasteiger partial charge on any atom is -0.323 e. The van der Waals surface area contributed by atoms with E-state index in [-0.39, 0.29) is 11.8 Å². The van der Waals surface area contributed by atoms with Gasteiger partial charge in [0.1, 0.15) is 5.54 Å². The highest BCUT2D eigenvalue weighted by molar-refractivity contribution is 6.26. The Morgan fingerprint density at radius 3 is 2.64 bits per heavy atom. The monoisotopic (exact) mass is 368 g/mol. The molecule has 0 radical (unpaired) electrons. The van der Waals surface area contributed by atoms with Crippen molar-refractivity contribution in [2.24, 2.45) is 0 Å². The average Bonchev–Trinajstić information content (AvgIpc) is 2.97. The molecule has 6 heteroatoms. The summed E-state index contributed by atoms with van der Waals surface area (Å²) < 4.78 is 0. The Balaban J connectivity index is 1.47. The van der Waals surface area contributed by atoms with Crippen LogP contribution in [0.1, 0.15) is 29.9 Å². The van der Waals surface area contributed by atoms with Crippen molar-refractivity contribution in [2.75, 3.05) is 4.90 Å². The Morgan fingerprint density at radius 2 is 1.82 bits per heavy atom. The highest BCUT2D eigenvalue weighted by atomic mass is 16.2. The van der Waals surface area contributed by atoms with E-state index in [4.69, 9.17) is 0 Å². The molecule has 0 unspecified atom stereocenters. The number of nitrogens with one attached hydrogen (secondary N) is 1. The van der Waals surface area contributed by atoms with Crippen molar-refractivity contribution in [3.8, 4) is 6.07 Å². The van der Waals surface area contributed by atoms with E-state index in [1.807, 2.05) is 42.5 Å². The number of urea groups is 1. The van der Waals surface area contributed by atoms with Crippen molar-refractivity contribution in [3.05, 3.63) is 72.1 Å². The van der Waals surface area contributed by atoms with E-state index in [9.17, 15) is 14.9 Å². The lowest BCUT2D eigenvalue weighted by atomic mass is 9.65. The topological polar surface area (TPSA) is 86.1 Å². The molecule has 2 aromatic carbocycles. The van der Waals surface area contributed by atoms with Crippen LogP contribution in [0.3, 0.4) is 0 Å². The number of hydrogen-bond acceptors (Lipinski definition) is 4. The number of nitrogens with zero attached hydrogens (tertiary/aromatic N) is 3. The first-order valence-corrected chi connectivity index (χ1v) is 9.11. The lowest BCUT2D eigenvalue weighted by Crippen LogP contribution is -2.56. The molecule has 1 aliphatic carbocycles. The van der Waals surface area contributed by atoms with E-state index in [1.165, 1.54) is 4.90 Å². The molecule has 1 aliphatic heterocycles. The highest BCUT2D eigenvalue weighted by Crippen LogP contribution is 2.49. The summed E-state index contributed by atoms with van der Waals surface area (Å²) in [5, 5.41) is 13.9. The van der Waals surface area contributed by atoms with Gasteiger partial charge in [0.15, 0.2) is 0 Å². The number of carbonyl (C=O) groups excluding carboxylic acids is 2. The molecule has 5 rings (SSSR count). The van der Waals surface area contributed by atoms with Gasteiger partial charge in [0.25, 0.3) is 5.91 Å². The third-order valence-corrected chi connectivity index (χ3v) is 5.76. The number of pyridine rings is 1. The second-order valence-corrected chi connectivity index (χ2v) is 7.34. The molecule has 3 aromatic rings. The largest absolute Gasteiger partial charge is 0.329 e. The fourth-order valence-electron chi connectivity index (χ4n) is 4.35. The summed E-state index contributed by atoms with van der Waals surface area (Å²) in [5.41, 5.74) is 1.15. The van der Waals surface area contributed by atoms with E-state index < -0.39 is 11.6 Å². The lowest BCUT2D eigenvalue weighted by molar-refractivity contribution is -0.125. The molecule has 0 atom stereocenters. The van der Waals surface area contributed by atoms with Gasteiger partial charge in [0.05, 0.1) is 23.5 Å². The van der Waals surface area contributed by atoms with Gasteiger partial charge in [-0.25, -0.2) is 9.69 Å². The minimum atomic E-state index is -0.902. The Kier molecular flexibility index (Phi) is 3.46. The predicted octanol–water partition coefficient (Wildman–Crippen LogP) is 3.48. The van der Waals surface area contributed by atoms with Crippen molar-refractivity contribution in [2.45, 2.75) is 24.3 Å². The average molecular weight is 368 g/mol. The number of benzene rings is 2. The number of imide groups is 1. The van der Waals surface area contributed by atoms with E-state index in [2.05, 4.69) is 16.4 Å². The van der Waals surface area contributed by atoms with Crippen molar-refractivity contribution < 1.29 is 9.59 Å². The summed E-state index contributed by atoms with van der Waals surface area (Å²) in [4.78, 5) is 31.4. The second-order valence-electron chi connectivity index (χ2n) is 7.34. The number of amides is 3. The summed E-state index contributed by atoms with van der Waals surface area (Å²) >= 11 is 0. The SMILES string of the molecule is N#Cc1ccccc1C1CC2(C1)NC(=O)N(c1cncc3ccccc13)C2=O. The summed E-state index contributed by atoms with van der Waals surface area (Å²) in [6.07, 6.45) is 4.25. The second kappa shape index (κ2) is 5.89. The van der Waals surface area contributed by atoms with Gasteiger partial charge >= 0.3 is 6.03 Å². The molecule has 3 amide bonds. The number of fused-ring (bicyclic) bond motifs is 1. The van der Waals surface area contributed by atoms with Gasteiger partial charge in [-0.15, -0.1) is 0 Å². The summed E-state index contributed by atoms with van der Waals surface area (Å²) in [5.74, 6) is -0.174. The van der Waals surface area contributed by atoms with Gasteiger partial charge in [-0.1, -0.05) is 42.5 Å². The van der Waals surface area contributed by atoms with Crippen LogP contribution in [-0.2, 0) is 4.79 Å². The van der Waals surface area contributed by atoms with Crippen molar-refractivity contribution in [1.82, 2.24) is 10.3 Å². The molecule has 1 N–H and O–H groups in total. The molecule has 1 spiro atoms. The van der Waals surface area contributed by atoms with Crippen LogP contribution in [-0.4, -0.2) is 22.5 Å². The maximum Gasteiger partial charge on any atom is 0.329 e. The quantitative estimate of drug-likeness (QED) is 0.702. The third kappa shape index (κ3) is 2.23. The third-order valence-electron chi connectivity index (χ3n) is 5.76. The smallest absolute Gasteiger partial charge is 0.323 e. The lowest BCUT2D eigenvalue weighted by Gasteiger charge is -2.43. The Morgan fingerprint density at radius 1 is 1.07 bits per heavy atom. The Bertz CT molecular complexity index is 1170. The molecular formula is C22H16N4O2. The maximum absolute atomic E-state index is 13.2. The Hall–Kier alpha value is -3.72. The molecule has 2 fully saturated rings. The van der Waals surface area contributed by atoms with Crippen molar-refractivity contribution >= 4 is 28.4 Å². The van der Waals surface area contributed by atoms with E-state index in [1.54, 1.807) is 18.5 Å². The number of aromatic nitrogens is 1. The highest BCUT2D eigenvalue weighted by Gasteiger charge is 2.59. The molecule has 136 valence electrons. The van der Waals surface area contributed by atoms with E-state index >= 15 is 0 Å².